The topological polar surface area (TPSA) is 84.9 Å². The zero-order valence-corrected chi connectivity index (χ0v) is 13.6. The molecular formula is C14H20N2O5S. The summed E-state index contributed by atoms with van der Waals surface area (Å²) in [5.74, 6) is 0.840. The van der Waals surface area contributed by atoms with Crippen molar-refractivity contribution in [2.75, 3.05) is 27.8 Å². The highest BCUT2D eigenvalue weighted by molar-refractivity contribution is 7.89. The fourth-order valence-electron chi connectivity index (χ4n) is 2.38. The Labute approximate surface area is 130 Å². The Morgan fingerprint density at radius 2 is 1.91 bits per heavy atom. The predicted octanol–water partition coefficient (Wildman–Crippen LogP) is 0.603. The standard InChI is InChI=1S/C14H20N2O5S/c1-16-9-10(4-7-14(16)17)15-22(18,19)11-5-6-12(20-2)13(8-11)21-3/h5-6,8,10,15H,4,7,9H2,1-3H3. The SMILES string of the molecule is COc1ccc(S(=O)(=O)NC2CCC(=O)N(C)C2)cc1OC. The molecule has 0 aromatic heterocycles. The summed E-state index contributed by atoms with van der Waals surface area (Å²) in [5, 5.41) is 0. The van der Waals surface area contributed by atoms with E-state index >= 15 is 0 Å². The zero-order chi connectivity index (χ0) is 16.3. The number of carbonyl (C=O) groups is 1. The van der Waals surface area contributed by atoms with Crippen molar-refractivity contribution in [2.45, 2.75) is 23.8 Å². The van der Waals surface area contributed by atoms with Gasteiger partial charge in [0.2, 0.25) is 15.9 Å². The summed E-state index contributed by atoms with van der Waals surface area (Å²) >= 11 is 0. The molecule has 1 saturated heterocycles. The van der Waals surface area contributed by atoms with Crippen LogP contribution in [-0.4, -0.2) is 53.1 Å². The fraction of sp³-hybridized carbons (Fsp3) is 0.500. The molecule has 1 amide bonds. The van der Waals surface area contributed by atoms with Crippen LogP contribution >= 0.6 is 0 Å². The number of amides is 1. The largest absolute Gasteiger partial charge is 0.493 e. The smallest absolute Gasteiger partial charge is 0.241 e. The minimum absolute atomic E-state index is 0.0292. The van der Waals surface area contributed by atoms with Crippen LogP contribution in [0.15, 0.2) is 23.1 Å². The molecule has 1 aromatic carbocycles. The Kier molecular flexibility index (Phi) is 4.92. The summed E-state index contributed by atoms with van der Waals surface area (Å²) in [6, 6.07) is 4.13. The Morgan fingerprint density at radius 1 is 1.23 bits per heavy atom. The van der Waals surface area contributed by atoms with E-state index < -0.39 is 10.0 Å². The molecule has 8 heteroatoms. The van der Waals surface area contributed by atoms with E-state index in [0.717, 1.165) is 0 Å². The molecule has 1 heterocycles. The fourth-order valence-corrected chi connectivity index (χ4v) is 3.66. The van der Waals surface area contributed by atoms with Crippen LogP contribution in [0, 0.1) is 0 Å². The lowest BCUT2D eigenvalue weighted by Gasteiger charge is -2.29. The molecule has 1 aliphatic heterocycles. The second kappa shape index (κ2) is 6.53. The second-order valence-electron chi connectivity index (χ2n) is 5.15. The Balaban J connectivity index is 2.18. The van der Waals surface area contributed by atoms with Gasteiger partial charge in [-0.3, -0.25) is 4.79 Å². The quantitative estimate of drug-likeness (QED) is 0.856. The van der Waals surface area contributed by atoms with E-state index in [4.69, 9.17) is 9.47 Å². The third-order valence-electron chi connectivity index (χ3n) is 3.61. The van der Waals surface area contributed by atoms with E-state index in [0.29, 0.717) is 30.9 Å². The van der Waals surface area contributed by atoms with E-state index in [9.17, 15) is 13.2 Å². The first-order valence-electron chi connectivity index (χ1n) is 6.85. The first-order valence-corrected chi connectivity index (χ1v) is 8.34. The molecule has 0 radical (unpaired) electrons. The van der Waals surface area contributed by atoms with Gasteiger partial charge in [-0.15, -0.1) is 0 Å². The maximum Gasteiger partial charge on any atom is 0.241 e. The molecule has 1 fully saturated rings. The van der Waals surface area contributed by atoms with Crippen molar-refractivity contribution >= 4 is 15.9 Å². The van der Waals surface area contributed by atoms with E-state index in [2.05, 4.69) is 4.72 Å². The summed E-state index contributed by atoms with van der Waals surface area (Å²) in [6.45, 7) is 0.366. The zero-order valence-electron chi connectivity index (χ0n) is 12.8. The first kappa shape index (κ1) is 16.6. The summed E-state index contributed by atoms with van der Waals surface area (Å²) < 4.78 is 37.7. The summed E-state index contributed by atoms with van der Waals surface area (Å²) in [5.41, 5.74) is 0. The van der Waals surface area contributed by atoms with Gasteiger partial charge >= 0.3 is 0 Å². The van der Waals surface area contributed by atoms with E-state index in [-0.39, 0.29) is 16.8 Å². The lowest BCUT2D eigenvalue weighted by Crippen LogP contribution is -2.48. The first-order chi connectivity index (χ1) is 10.4. The van der Waals surface area contributed by atoms with Gasteiger partial charge in [0.1, 0.15) is 0 Å². The number of sulfonamides is 1. The number of nitrogens with one attached hydrogen (secondary N) is 1. The average Bonchev–Trinajstić information content (AvgIpc) is 2.50. The highest BCUT2D eigenvalue weighted by Crippen LogP contribution is 2.29. The molecular weight excluding hydrogens is 308 g/mol. The van der Waals surface area contributed by atoms with E-state index in [1.54, 1.807) is 13.1 Å². The molecule has 1 aromatic rings. The van der Waals surface area contributed by atoms with Crippen LogP contribution in [-0.2, 0) is 14.8 Å². The van der Waals surface area contributed by atoms with Crippen LogP contribution in [0.3, 0.4) is 0 Å². The molecule has 1 aliphatic rings. The molecule has 122 valence electrons. The lowest BCUT2D eigenvalue weighted by atomic mass is 10.1. The number of hydrogen-bond acceptors (Lipinski definition) is 5. The average molecular weight is 328 g/mol. The number of carbonyl (C=O) groups excluding carboxylic acids is 1. The van der Waals surface area contributed by atoms with Crippen molar-refractivity contribution in [3.05, 3.63) is 18.2 Å². The van der Waals surface area contributed by atoms with Crippen molar-refractivity contribution in [2.24, 2.45) is 0 Å². The van der Waals surface area contributed by atoms with Crippen LogP contribution in [0.2, 0.25) is 0 Å². The summed E-state index contributed by atoms with van der Waals surface area (Å²) in [7, 11) is 0.917. The molecule has 1 unspecified atom stereocenters. The molecule has 1 atom stereocenters. The molecule has 2 rings (SSSR count). The maximum atomic E-state index is 12.4. The highest BCUT2D eigenvalue weighted by atomic mass is 32.2. The minimum Gasteiger partial charge on any atom is -0.493 e. The number of benzene rings is 1. The van der Waals surface area contributed by atoms with Gasteiger partial charge in [-0.05, 0) is 18.6 Å². The number of nitrogens with zero attached hydrogens (tertiary/aromatic N) is 1. The molecule has 22 heavy (non-hydrogen) atoms. The lowest BCUT2D eigenvalue weighted by molar-refractivity contribution is -0.132. The second-order valence-corrected chi connectivity index (χ2v) is 6.86. The van der Waals surface area contributed by atoms with E-state index in [1.807, 2.05) is 0 Å². The van der Waals surface area contributed by atoms with Crippen LogP contribution < -0.4 is 14.2 Å². The van der Waals surface area contributed by atoms with Crippen LogP contribution in [0.1, 0.15) is 12.8 Å². The van der Waals surface area contributed by atoms with Crippen LogP contribution in [0.4, 0.5) is 0 Å². The van der Waals surface area contributed by atoms with Gasteiger partial charge in [0.15, 0.2) is 11.5 Å². The molecule has 0 aliphatic carbocycles. The molecule has 0 spiro atoms. The monoisotopic (exact) mass is 328 g/mol. The van der Waals surface area contributed by atoms with Crippen molar-refractivity contribution in [1.82, 2.24) is 9.62 Å². The number of ether oxygens (including phenoxy) is 2. The van der Waals surface area contributed by atoms with Crippen LogP contribution in [0.5, 0.6) is 11.5 Å². The van der Waals surface area contributed by atoms with Crippen molar-refractivity contribution in [1.29, 1.82) is 0 Å². The molecule has 1 N–H and O–H groups in total. The van der Waals surface area contributed by atoms with Crippen molar-refractivity contribution in [3.63, 3.8) is 0 Å². The number of methoxy groups -OCH3 is 2. The normalized spacial score (nSPS) is 19.1. The minimum atomic E-state index is -3.68. The predicted molar refractivity (Wildman–Crippen MR) is 80.5 cm³/mol. The number of likely N-dealkylation sites (N-methyl/N-ethyl adjacent to an activating group) is 1. The Bertz CT molecular complexity index is 659. The van der Waals surface area contributed by atoms with Gasteiger partial charge in [-0.1, -0.05) is 0 Å². The molecule has 0 bridgehead atoms. The number of rotatable bonds is 5. The number of likely N-dealkylation sites (tertiary alicyclic amines) is 1. The summed E-state index contributed by atoms with van der Waals surface area (Å²) in [6.07, 6.45) is 0.839. The van der Waals surface area contributed by atoms with Crippen LogP contribution in [0.25, 0.3) is 0 Å². The van der Waals surface area contributed by atoms with Crippen molar-refractivity contribution < 1.29 is 22.7 Å². The third kappa shape index (κ3) is 3.50. The summed E-state index contributed by atoms with van der Waals surface area (Å²) in [4.78, 5) is 13.1. The van der Waals surface area contributed by atoms with Gasteiger partial charge < -0.3 is 14.4 Å². The number of piperidine rings is 1. The Hall–Kier alpha value is -1.80. The maximum absolute atomic E-state index is 12.4. The van der Waals surface area contributed by atoms with Gasteiger partial charge in [-0.2, -0.15) is 0 Å². The third-order valence-corrected chi connectivity index (χ3v) is 5.13. The van der Waals surface area contributed by atoms with E-state index in [1.165, 1.54) is 31.3 Å². The van der Waals surface area contributed by atoms with Gasteiger partial charge in [0.05, 0.1) is 19.1 Å². The number of hydrogen-bond donors (Lipinski definition) is 1. The molecule has 7 nitrogen and oxygen atoms in total. The van der Waals surface area contributed by atoms with Gasteiger partial charge in [0.25, 0.3) is 0 Å². The molecule has 0 saturated carbocycles. The van der Waals surface area contributed by atoms with Gasteiger partial charge in [-0.25, -0.2) is 13.1 Å². The van der Waals surface area contributed by atoms with Crippen molar-refractivity contribution in [3.8, 4) is 11.5 Å². The Morgan fingerprint density at radius 3 is 2.50 bits per heavy atom. The highest BCUT2D eigenvalue weighted by Gasteiger charge is 2.27. The van der Waals surface area contributed by atoms with Gasteiger partial charge in [0, 0.05) is 32.1 Å².